The first-order valence-corrected chi connectivity index (χ1v) is 10.1. The first-order valence-electron chi connectivity index (χ1n) is 6.70. The topological polar surface area (TPSA) is 120 Å². The van der Waals surface area contributed by atoms with Crippen LogP contribution in [-0.2, 0) is 9.16 Å². The van der Waals surface area contributed by atoms with Crippen LogP contribution < -0.4 is 11.4 Å². The molecule has 2 heterocycles. The quantitative estimate of drug-likeness (QED) is 0.628. The summed E-state index contributed by atoms with van der Waals surface area (Å²) in [5.41, 5.74) is 4.82. The summed E-state index contributed by atoms with van der Waals surface area (Å²) in [4.78, 5) is 15.4. The van der Waals surface area contributed by atoms with Crippen LogP contribution >= 0.6 is 0 Å². The highest BCUT2D eigenvalue weighted by atomic mass is 28.4. The molecule has 0 aromatic carbocycles. The van der Waals surface area contributed by atoms with Gasteiger partial charge in [0.05, 0.1) is 6.61 Å². The third kappa shape index (κ3) is 3.50. The molecule has 9 heteroatoms. The maximum Gasteiger partial charge on any atom is 0.351 e. The fraction of sp³-hybridized carbons (Fsp3) is 0.667. The van der Waals surface area contributed by atoms with Gasteiger partial charge in [-0.3, -0.25) is 4.57 Å². The lowest BCUT2D eigenvalue weighted by atomic mass is 10.1. The number of nitrogens with two attached hydrogens (primary N) is 1. The first-order chi connectivity index (χ1) is 9.73. The molecule has 2 rings (SSSR count). The summed E-state index contributed by atoms with van der Waals surface area (Å²) in [5.74, 6) is 0.0948. The average molecular weight is 315 g/mol. The number of nitrogen functional groups attached to an aromatic ring is 1. The fourth-order valence-corrected chi connectivity index (χ4v) is 3.38. The lowest BCUT2D eigenvalue weighted by molar-refractivity contribution is -0.0545. The number of ether oxygens (including phenoxy) is 1. The van der Waals surface area contributed by atoms with Crippen molar-refractivity contribution < 1.29 is 19.4 Å². The van der Waals surface area contributed by atoms with Crippen molar-refractivity contribution in [3.63, 3.8) is 0 Å². The monoisotopic (exact) mass is 315 g/mol. The zero-order chi connectivity index (χ0) is 15.8. The van der Waals surface area contributed by atoms with E-state index in [9.17, 15) is 15.0 Å². The van der Waals surface area contributed by atoms with E-state index in [0.29, 0.717) is 0 Å². The molecule has 4 atom stereocenters. The summed E-state index contributed by atoms with van der Waals surface area (Å²) in [6.07, 6.45) is -2.00. The Bertz CT molecular complexity index is 559. The molecule has 0 amide bonds. The Hall–Kier alpha value is -1.26. The van der Waals surface area contributed by atoms with Gasteiger partial charge < -0.3 is 25.1 Å². The zero-order valence-corrected chi connectivity index (χ0v) is 13.3. The first kappa shape index (κ1) is 16.1. The second-order valence-electron chi connectivity index (χ2n) is 5.98. The summed E-state index contributed by atoms with van der Waals surface area (Å²) < 4.78 is 12.6. The van der Waals surface area contributed by atoms with E-state index in [0.717, 1.165) is 4.57 Å². The van der Waals surface area contributed by atoms with E-state index < -0.39 is 38.5 Å². The number of hydrogen-bond acceptors (Lipinski definition) is 7. The van der Waals surface area contributed by atoms with E-state index in [2.05, 4.69) is 4.98 Å². The molecular weight excluding hydrogens is 294 g/mol. The number of aromatic nitrogens is 2. The standard InChI is InChI=1S/C12H21N3O5Si/c1-21(2,3)20-10-7(6-16)19-11(9(10)17)15-5-4-8(13)14-12(15)18/h4-5,7,9-11,16-17H,6H2,1-3H3,(H2,13,14,18). The van der Waals surface area contributed by atoms with E-state index in [1.54, 1.807) is 0 Å². The molecule has 1 aliphatic rings. The molecule has 1 aliphatic heterocycles. The fourth-order valence-electron chi connectivity index (χ4n) is 2.27. The molecular formula is C12H21N3O5Si. The van der Waals surface area contributed by atoms with E-state index >= 15 is 0 Å². The minimum Gasteiger partial charge on any atom is -0.409 e. The highest BCUT2D eigenvalue weighted by molar-refractivity contribution is 6.69. The number of anilines is 1. The molecule has 0 bridgehead atoms. The van der Waals surface area contributed by atoms with Crippen LogP contribution in [0.4, 0.5) is 5.82 Å². The van der Waals surface area contributed by atoms with Gasteiger partial charge in [-0.15, -0.1) is 0 Å². The smallest absolute Gasteiger partial charge is 0.351 e. The number of aliphatic hydroxyl groups excluding tert-OH is 2. The maximum atomic E-state index is 11.8. The van der Waals surface area contributed by atoms with Crippen molar-refractivity contribution in [1.82, 2.24) is 9.55 Å². The minimum absolute atomic E-state index is 0.0948. The number of aliphatic hydroxyl groups is 2. The Balaban J connectivity index is 2.28. The molecule has 1 saturated heterocycles. The van der Waals surface area contributed by atoms with Crippen LogP contribution in [0.1, 0.15) is 6.23 Å². The second-order valence-corrected chi connectivity index (χ2v) is 10.4. The number of rotatable bonds is 4. The van der Waals surface area contributed by atoms with E-state index in [4.69, 9.17) is 14.9 Å². The van der Waals surface area contributed by atoms with Gasteiger partial charge in [0.25, 0.3) is 0 Å². The minimum atomic E-state index is -1.95. The van der Waals surface area contributed by atoms with Gasteiger partial charge in [-0.25, -0.2) is 4.79 Å². The van der Waals surface area contributed by atoms with Gasteiger partial charge >= 0.3 is 5.69 Å². The molecule has 4 N–H and O–H groups in total. The van der Waals surface area contributed by atoms with E-state index in [-0.39, 0.29) is 12.4 Å². The largest absolute Gasteiger partial charge is 0.409 e. The summed E-state index contributed by atoms with van der Waals surface area (Å²) in [6.45, 7) is 5.61. The normalized spacial score (nSPS) is 29.8. The summed E-state index contributed by atoms with van der Waals surface area (Å²) in [7, 11) is -1.95. The molecule has 0 saturated carbocycles. The van der Waals surface area contributed by atoms with Gasteiger partial charge in [0.2, 0.25) is 0 Å². The van der Waals surface area contributed by atoms with E-state index in [1.165, 1.54) is 12.3 Å². The second kappa shape index (κ2) is 5.85. The summed E-state index contributed by atoms with van der Waals surface area (Å²) >= 11 is 0. The van der Waals surface area contributed by atoms with Crippen LogP contribution in [0.3, 0.4) is 0 Å². The van der Waals surface area contributed by atoms with Crippen LogP contribution in [0.5, 0.6) is 0 Å². The molecule has 1 aromatic rings. The predicted molar refractivity (Wildman–Crippen MR) is 78.1 cm³/mol. The Morgan fingerprint density at radius 3 is 2.71 bits per heavy atom. The van der Waals surface area contributed by atoms with Crippen molar-refractivity contribution >= 4 is 14.1 Å². The van der Waals surface area contributed by atoms with Crippen LogP contribution in [-0.4, -0.2) is 53.0 Å². The Kier molecular flexibility index (Phi) is 4.49. The maximum absolute atomic E-state index is 11.8. The van der Waals surface area contributed by atoms with Crippen LogP contribution in [0.2, 0.25) is 19.6 Å². The van der Waals surface area contributed by atoms with Gasteiger partial charge in [-0.1, -0.05) is 0 Å². The van der Waals surface area contributed by atoms with Crippen molar-refractivity contribution in [2.24, 2.45) is 0 Å². The molecule has 4 unspecified atom stereocenters. The number of hydrogen-bond donors (Lipinski definition) is 3. The van der Waals surface area contributed by atoms with Crippen molar-refractivity contribution in [1.29, 1.82) is 0 Å². The zero-order valence-electron chi connectivity index (χ0n) is 12.3. The van der Waals surface area contributed by atoms with Crippen molar-refractivity contribution in [2.75, 3.05) is 12.3 Å². The third-order valence-electron chi connectivity index (χ3n) is 3.10. The Labute approximate surface area is 123 Å². The lowest BCUT2D eigenvalue weighted by Gasteiger charge is -2.27. The van der Waals surface area contributed by atoms with Crippen molar-refractivity contribution in [3.8, 4) is 0 Å². The SMILES string of the molecule is C[Si](C)(C)OC1C(CO)OC(n2ccc(N)nc2=O)C1O. The molecule has 0 aliphatic carbocycles. The van der Waals surface area contributed by atoms with Crippen LogP contribution in [0.25, 0.3) is 0 Å². The van der Waals surface area contributed by atoms with Crippen LogP contribution in [0.15, 0.2) is 17.1 Å². The highest BCUT2D eigenvalue weighted by Crippen LogP contribution is 2.32. The van der Waals surface area contributed by atoms with E-state index in [1.807, 2.05) is 19.6 Å². The van der Waals surface area contributed by atoms with Crippen molar-refractivity contribution in [2.45, 2.75) is 44.2 Å². The Morgan fingerprint density at radius 1 is 1.52 bits per heavy atom. The van der Waals surface area contributed by atoms with Gasteiger partial charge in [0.1, 0.15) is 24.1 Å². The molecule has 21 heavy (non-hydrogen) atoms. The van der Waals surface area contributed by atoms with Gasteiger partial charge in [0, 0.05) is 6.20 Å². The molecule has 8 nitrogen and oxygen atoms in total. The van der Waals surface area contributed by atoms with Gasteiger partial charge in [0.15, 0.2) is 14.5 Å². The summed E-state index contributed by atoms with van der Waals surface area (Å²) in [6, 6.07) is 1.44. The molecule has 1 fully saturated rings. The molecule has 0 radical (unpaired) electrons. The molecule has 118 valence electrons. The average Bonchev–Trinajstić information content (AvgIpc) is 2.65. The van der Waals surface area contributed by atoms with Crippen molar-refractivity contribution in [3.05, 3.63) is 22.7 Å². The molecule has 1 aromatic heterocycles. The predicted octanol–water partition coefficient (Wildman–Crippen LogP) is -0.704. The van der Waals surface area contributed by atoms with Crippen LogP contribution in [0, 0.1) is 0 Å². The summed E-state index contributed by atoms with van der Waals surface area (Å²) in [5, 5.41) is 19.8. The highest BCUT2D eigenvalue weighted by Gasteiger charge is 2.47. The number of nitrogens with zero attached hydrogens (tertiary/aromatic N) is 2. The molecule has 0 spiro atoms. The lowest BCUT2D eigenvalue weighted by Crippen LogP contribution is -2.44. The third-order valence-corrected chi connectivity index (χ3v) is 4.08. The van der Waals surface area contributed by atoms with Gasteiger partial charge in [-0.2, -0.15) is 4.98 Å². The Morgan fingerprint density at radius 2 is 2.19 bits per heavy atom. The van der Waals surface area contributed by atoms with Gasteiger partial charge in [-0.05, 0) is 25.7 Å².